The number of nitrogens with zero attached hydrogens (tertiary/aromatic N) is 2. The average molecular weight is 541 g/mol. The van der Waals surface area contributed by atoms with Crippen molar-refractivity contribution in [2.75, 3.05) is 25.3 Å². The molecule has 1 unspecified atom stereocenters. The van der Waals surface area contributed by atoms with Crippen molar-refractivity contribution in [1.29, 1.82) is 0 Å². The third kappa shape index (κ3) is 6.39. The number of thioether (sulfide) groups is 1. The molecular formula is C26H28N4O7S. The van der Waals surface area contributed by atoms with E-state index in [1.54, 1.807) is 50.2 Å². The van der Waals surface area contributed by atoms with Crippen LogP contribution in [0.4, 0.5) is 5.69 Å². The first-order chi connectivity index (χ1) is 18.2. The van der Waals surface area contributed by atoms with E-state index in [1.165, 1.54) is 37.1 Å². The smallest absolute Gasteiger partial charge is 0.336 e. The zero-order valence-corrected chi connectivity index (χ0v) is 21.9. The Labute approximate surface area is 223 Å². The molecule has 0 bridgehead atoms. The summed E-state index contributed by atoms with van der Waals surface area (Å²) in [6.45, 7) is 3.37. The second-order valence-electron chi connectivity index (χ2n) is 8.17. The molecule has 0 aromatic heterocycles. The van der Waals surface area contributed by atoms with E-state index in [4.69, 9.17) is 15.3 Å². The largest absolute Gasteiger partial charge is 0.466 e. The minimum absolute atomic E-state index is 0.0722. The molecule has 1 aliphatic heterocycles. The van der Waals surface area contributed by atoms with Crippen molar-refractivity contribution in [3.8, 4) is 0 Å². The summed E-state index contributed by atoms with van der Waals surface area (Å²) in [6.07, 6.45) is 0. The molecule has 200 valence electrons. The first-order valence-corrected chi connectivity index (χ1v) is 12.7. The molecule has 11 nitrogen and oxygen atoms in total. The molecule has 0 saturated carbocycles. The molecule has 38 heavy (non-hydrogen) atoms. The maximum absolute atomic E-state index is 13.2. The van der Waals surface area contributed by atoms with Gasteiger partial charge in [0.1, 0.15) is 0 Å². The summed E-state index contributed by atoms with van der Waals surface area (Å²) < 4.78 is 10.3. The number of nitro benzene ring substituents is 1. The van der Waals surface area contributed by atoms with E-state index < -0.39 is 22.8 Å². The fraction of sp³-hybridized carbons (Fsp3) is 0.269. The molecule has 0 aliphatic carbocycles. The number of amides is 1. The normalized spacial score (nSPS) is 15.0. The number of rotatable bonds is 10. The number of methoxy groups -OCH3 is 1. The summed E-state index contributed by atoms with van der Waals surface area (Å²) in [6, 6.07) is 14.3. The van der Waals surface area contributed by atoms with Crippen molar-refractivity contribution in [3.05, 3.63) is 98.4 Å². The highest BCUT2D eigenvalue weighted by molar-refractivity contribution is 7.99. The Hall–Kier alpha value is -4.16. The molecule has 0 fully saturated rings. The Kier molecular flexibility index (Phi) is 9.63. The number of nitrogens with one attached hydrogen (secondary N) is 1. The van der Waals surface area contributed by atoms with Crippen molar-refractivity contribution in [1.82, 2.24) is 10.3 Å². The number of benzene rings is 2. The molecule has 2 aromatic carbocycles. The predicted octanol–water partition coefficient (Wildman–Crippen LogP) is 3.25. The van der Waals surface area contributed by atoms with Crippen LogP contribution in [0.25, 0.3) is 0 Å². The number of esters is 2. The van der Waals surface area contributed by atoms with E-state index in [-0.39, 0.29) is 41.0 Å². The lowest BCUT2D eigenvalue weighted by Crippen LogP contribution is -2.38. The van der Waals surface area contributed by atoms with E-state index >= 15 is 0 Å². The molecule has 1 heterocycles. The zero-order valence-electron chi connectivity index (χ0n) is 21.1. The van der Waals surface area contributed by atoms with E-state index in [1.807, 2.05) is 0 Å². The maximum atomic E-state index is 13.2. The zero-order chi connectivity index (χ0) is 27.8. The summed E-state index contributed by atoms with van der Waals surface area (Å²) in [5.74, 6) is 3.54. The standard InChI is InChI=1S/C26H28N4O7S/c1-4-37-26(33)23-20(14-38-15-29(27)24(31)17-9-6-5-7-10-17)28-16(2)21(25(32)36-3)22(23)18-11-8-12-19(13-18)30(34)35/h5-13,22,28H,4,14-15,27H2,1-3H3. The second kappa shape index (κ2) is 12.9. The van der Waals surface area contributed by atoms with Crippen LogP contribution in [-0.4, -0.2) is 53.1 Å². The Balaban J connectivity index is 1.99. The third-order valence-electron chi connectivity index (χ3n) is 5.72. The number of dihydropyridines is 1. The highest BCUT2D eigenvalue weighted by atomic mass is 32.2. The lowest BCUT2D eigenvalue weighted by molar-refractivity contribution is -0.384. The van der Waals surface area contributed by atoms with Gasteiger partial charge in [-0.15, -0.1) is 11.8 Å². The van der Waals surface area contributed by atoms with Crippen molar-refractivity contribution < 1.29 is 28.8 Å². The monoisotopic (exact) mass is 540 g/mol. The fourth-order valence-electron chi connectivity index (χ4n) is 4.04. The van der Waals surface area contributed by atoms with Crippen LogP contribution < -0.4 is 11.2 Å². The van der Waals surface area contributed by atoms with Crippen LogP contribution in [-0.2, 0) is 19.1 Å². The minimum atomic E-state index is -0.988. The summed E-state index contributed by atoms with van der Waals surface area (Å²) >= 11 is 1.26. The van der Waals surface area contributed by atoms with E-state index in [9.17, 15) is 24.5 Å². The predicted molar refractivity (Wildman–Crippen MR) is 141 cm³/mol. The van der Waals surface area contributed by atoms with Crippen LogP contribution in [0.5, 0.6) is 0 Å². The van der Waals surface area contributed by atoms with Crippen LogP contribution in [0.3, 0.4) is 0 Å². The molecule has 1 atom stereocenters. The molecule has 2 aromatic rings. The van der Waals surface area contributed by atoms with Gasteiger partial charge in [-0.2, -0.15) is 0 Å². The van der Waals surface area contributed by atoms with Gasteiger partial charge in [-0.25, -0.2) is 15.4 Å². The Morgan fingerprint density at radius 2 is 1.82 bits per heavy atom. The molecule has 0 saturated heterocycles. The summed E-state index contributed by atoms with van der Waals surface area (Å²) in [5.41, 5.74) is 1.68. The van der Waals surface area contributed by atoms with Crippen LogP contribution in [0.1, 0.15) is 35.7 Å². The van der Waals surface area contributed by atoms with Crippen molar-refractivity contribution in [2.24, 2.45) is 5.84 Å². The molecule has 12 heteroatoms. The SMILES string of the molecule is CCOC(=O)C1=C(CSCN(N)C(=O)c2ccccc2)NC(C)=C(C(=O)OC)C1c1cccc([N+](=O)[O-])c1. The lowest BCUT2D eigenvalue weighted by atomic mass is 9.80. The fourth-order valence-corrected chi connectivity index (χ4v) is 4.88. The van der Waals surface area contributed by atoms with Crippen LogP contribution in [0.2, 0.25) is 0 Å². The molecular weight excluding hydrogens is 512 g/mol. The van der Waals surface area contributed by atoms with Gasteiger partial charge in [0.2, 0.25) is 0 Å². The number of nitro groups is 1. The number of hydrogen-bond acceptors (Lipinski definition) is 10. The molecule has 0 spiro atoms. The number of hydrazine groups is 1. The highest BCUT2D eigenvalue weighted by Gasteiger charge is 2.39. The number of allylic oxidation sites excluding steroid dienone is 1. The molecule has 1 aliphatic rings. The van der Waals surface area contributed by atoms with E-state index in [2.05, 4.69) is 5.32 Å². The van der Waals surface area contributed by atoms with Gasteiger partial charge in [0.15, 0.2) is 0 Å². The number of carbonyl (C=O) groups excluding carboxylic acids is 3. The number of carbonyl (C=O) groups is 3. The average Bonchev–Trinajstić information content (AvgIpc) is 2.92. The summed E-state index contributed by atoms with van der Waals surface area (Å²) in [7, 11) is 1.21. The topological polar surface area (TPSA) is 154 Å². The Morgan fingerprint density at radius 1 is 1.11 bits per heavy atom. The lowest BCUT2D eigenvalue weighted by Gasteiger charge is -2.31. The van der Waals surface area contributed by atoms with Crippen LogP contribution >= 0.6 is 11.8 Å². The van der Waals surface area contributed by atoms with Gasteiger partial charge in [0, 0.05) is 34.8 Å². The molecule has 3 rings (SSSR count). The first kappa shape index (κ1) is 28.4. The molecule has 0 radical (unpaired) electrons. The number of nitrogens with two attached hydrogens (primary N) is 1. The highest BCUT2D eigenvalue weighted by Crippen LogP contribution is 2.40. The maximum Gasteiger partial charge on any atom is 0.336 e. The second-order valence-corrected chi connectivity index (χ2v) is 9.13. The van der Waals surface area contributed by atoms with Gasteiger partial charge in [0.25, 0.3) is 11.6 Å². The number of hydrogen-bond donors (Lipinski definition) is 2. The first-order valence-electron chi connectivity index (χ1n) is 11.6. The van der Waals surface area contributed by atoms with Gasteiger partial charge in [-0.05, 0) is 31.5 Å². The van der Waals surface area contributed by atoms with Gasteiger partial charge in [-0.3, -0.25) is 19.9 Å². The Morgan fingerprint density at radius 3 is 2.45 bits per heavy atom. The minimum Gasteiger partial charge on any atom is -0.466 e. The molecule has 3 N–H and O–H groups in total. The van der Waals surface area contributed by atoms with Gasteiger partial charge in [0.05, 0.1) is 41.6 Å². The summed E-state index contributed by atoms with van der Waals surface area (Å²) in [5, 5.41) is 15.6. The van der Waals surface area contributed by atoms with Crippen LogP contribution in [0, 0.1) is 10.1 Å². The quantitative estimate of drug-likeness (QED) is 0.115. The van der Waals surface area contributed by atoms with Gasteiger partial charge in [-0.1, -0.05) is 30.3 Å². The summed E-state index contributed by atoms with van der Waals surface area (Å²) in [4.78, 5) is 49.6. The van der Waals surface area contributed by atoms with Crippen molar-refractivity contribution in [2.45, 2.75) is 19.8 Å². The third-order valence-corrected chi connectivity index (χ3v) is 6.67. The van der Waals surface area contributed by atoms with E-state index in [0.29, 0.717) is 22.5 Å². The van der Waals surface area contributed by atoms with E-state index in [0.717, 1.165) is 5.01 Å². The number of ether oxygens (including phenoxy) is 2. The van der Waals surface area contributed by atoms with Crippen molar-refractivity contribution >= 4 is 35.3 Å². The molecule has 1 amide bonds. The van der Waals surface area contributed by atoms with Crippen LogP contribution in [0.15, 0.2) is 77.1 Å². The number of non-ortho nitro benzene ring substituents is 1. The van der Waals surface area contributed by atoms with Gasteiger partial charge >= 0.3 is 11.9 Å². The Bertz CT molecular complexity index is 1290. The van der Waals surface area contributed by atoms with Gasteiger partial charge < -0.3 is 14.8 Å². The van der Waals surface area contributed by atoms with Crippen molar-refractivity contribution in [3.63, 3.8) is 0 Å².